The molecule has 1 rings (SSSR count). The first kappa shape index (κ1) is 16.3. The van der Waals surface area contributed by atoms with E-state index in [9.17, 15) is 31.1 Å². The quantitative estimate of drug-likeness (QED) is 0.686. The Morgan fingerprint density at radius 2 is 1.60 bits per heavy atom. The van der Waals surface area contributed by atoms with Gasteiger partial charge in [-0.25, -0.2) is 4.79 Å². The largest absolute Gasteiger partial charge is 0.442 e. The minimum absolute atomic E-state index is 0.246. The van der Waals surface area contributed by atoms with Crippen LogP contribution in [0.3, 0.4) is 0 Å². The molecule has 0 aromatic carbocycles. The van der Waals surface area contributed by atoms with Crippen LogP contribution in [0.25, 0.3) is 0 Å². The minimum atomic E-state index is -5.17. The lowest BCUT2D eigenvalue weighted by atomic mass is 10.2. The topological polar surface area (TPSA) is 44.1 Å². The molecule has 0 saturated heterocycles. The van der Waals surface area contributed by atoms with E-state index in [0.29, 0.717) is 0 Å². The summed E-state index contributed by atoms with van der Waals surface area (Å²) in [6, 6.07) is -0.246. The third-order valence-electron chi connectivity index (χ3n) is 1.86. The van der Waals surface area contributed by atoms with Crippen molar-refractivity contribution in [1.29, 1.82) is 0 Å². The Bertz CT molecular complexity index is 509. The van der Waals surface area contributed by atoms with Crippen LogP contribution in [0, 0.1) is 0 Å². The number of alkyl halides is 6. The first-order valence-electron chi connectivity index (χ1n) is 5.19. The summed E-state index contributed by atoms with van der Waals surface area (Å²) in [5.41, 5.74) is -4.85. The van der Waals surface area contributed by atoms with Gasteiger partial charge in [0.05, 0.1) is 0 Å². The zero-order chi connectivity index (χ0) is 15.9. The Morgan fingerprint density at radius 3 is 1.95 bits per heavy atom. The molecule has 0 aliphatic rings. The second-order valence-electron chi connectivity index (χ2n) is 4.80. The first-order valence-corrected chi connectivity index (χ1v) is 5.19. The molecule has 0 bridgehead atoms. The second kappa shape index (κ2) is 4.67. The maximum atomic E-state index is 12.6. The fourth-order valence-electron chi connectivity index (χ4n) is 1.17. The van der Waals surface area contributed by atoms with Crippen LogP contribution >= 0.6 is 0 Å². The summed E-state index contributed by atoms with van der Waals surface area (Å²) in [4.78, 5) is 11.5. The Kier molecular flexibility index (Phi) is 3.81. The number of rotatable bonds is 0. The van der Waals surface area contributed by atoms with Crippen molar-refractivity contribution in [3.8, 4) is 0 Å². The zero-order valence-corrected chi connectivity index (χ0v) is 10.6. The van der Waals surface area contributed by atoms with Gasteiger partial charge in [-0.15, -0.1) is 0 Å². The van der Waals surface area contributed by atoms with E-state index in [1.165, 1.54) is 20.8 Å². The summed E-state index contributed by atoms with van der Waals surface area (Å²) in [5.74, 6) is 0. The van der Waals surface area contributed by atoms with Gasteiger partial charge in [-0.05, 0) is 20.8 Å². The summed E-state index contributed by atoms with van der Waals surface area (Å²) in [6.07, 6.45) is -11.9. The lowest BCUT2D eigenvalue weighted by molar-refractivity contribution is -0.144. The summed E-state index contributed by atoms with van der Waals surface area (Å²) in [5, 5.41) is 2.63. The van der Waals surface area contributed by atoms with E-state index in [0.717, 1.165) is 0 Å². The Balaban J connectivity index is 3.31. The van der Waals surface area contributed by atoms with Gasteiger partial charge in [0.1, 0.15) is 5.60 Å². The molecule has 4 nitrogen and oxygen atoms in total. The molecule has 0 aliphatic heterocycles. The number of nitrogens with zero attached hydrogens (tertiary/aromatic N) is 2. The second-order valence-corrected chi connectivity index (χ2v) is 4.80. The monoisotopic (exact) mass is 304 g/mol. The number of hydrogen-bond acceptors (Lipinski definition) is 3. The molecule has 1 aromatic heterocycles. The molecule has 0 radical (unpaired) electrons. The van der Waals surface area contributed by atoms with Gasteiger partial charge in [-0.1, -0.05) is 0 Å². The first-order chi connectivity index (χ1) is 8.72. The van der Waals surface area contributed by atoms with Gasteiger partial charge >= 0.3 is 18.4 Å². The number of aromatic nitrogens is 2. The predicted octanol–water partition coefficient (Wildman–Crippen LogP) is 3.70. The van der Waals surface area contributed by atoms with Crippen molar-refractivity contribution in [2.75, 3.05) is 0 Å². The van der Waals surface area contributed by atoms with Crippen LogP contribution in [0.1, 0.15) is 32.2 Å². The van der Waals surface area contributed by atoms with Gasteiger partial charge in [-0.3, -0.25) is 0 Å². The summed E-state index contributed by atoms with van der Waals surface area (Å²) < 4.78 is 79.1. The number of carbonyl (C=O) groups excluding carboxylic acids is 1. The van der Waals surface area contributed by atoms with Gasteiger partial charge in [0.2, 0.25) is 0 Å². The standard InChI is InChI=1S/C10H10F6N2O2/c1-8(2,3)20-7(19)18-6(10(14,15)16)4-5(17-18)9(11,12)13/h4H,1-3H3. The van der Waals surface area contributed by atoms with E-state index in [4.69, 9.17) is 0 Å². The number of hydrogen-bond donors (Lipinski definition) is 0. The lowest BCUT2D eigenvalue weighted by Crippen LogP contribution is -2.30. The van der Waals surface area contributed by atoms with Crippen LogP contribution in [-0.4, -0.2) is 21.5 Å². The normalized spacial score (nSPS) is 13.4. The van der Waals surface area contributed by atoms with Crippen LogP contribution in [0.2, 0.25) is 0 Å². The van der Waals surface area contributed by atoms with E-state index >= 15 is 0 Å². The Morgan fingerprint density at radius 1 is 1.10 bits per heavy atom. The lowest BCUT2D eigenvalue weighted by Gasteiger charge is -2.20. The molecule has 0 aliphatic carbocycles. The fraction of sp³-hybridized carbons (Fsp3) is 0.600. The molecule has 1 heterocycles. The van der Waals surface area contributed by atoms with Crippen molar-refractivity contribution in [2.24, 2.45) is 0 Å². The molecule has 0 spiro atoms. The third-order valence-corrected chi connectivity index (χ3v) is 1.86. The highest BCUT2D eigenvalue weighted by Crippen LogP contribution is 2.35. The highest BCUT2D eigenvalue weighted by molar-refractivity contribution is 5.71. The van der Waals surface area contributed by atoms with Crippen molar-refractivity contribution in [2.45, 2.75) is 38.7 Å². The van der Waals surface area contributed by atoms with Crippen molar-refractivity contribution in [3.63, 3.8) is 0 Å². The SMILES string of the molecule is CC(C)(C)OC(=O)n1nc(C(F)(F)F)cc1C(F)(F)F. The summed E-state index contributed by atoms with van der Waals surface area (Å²) in [6.45, 7) is 4.06. The van der Waals surface area contributed by atoms with E-state index in [1.54, 1.807) is 0 Å². The molecule has 0 fully saturated rings. The minimum Gasteiger partial charge on any atom is -0.442 e. The van der Waals surface area contributed by atoms with Crippen LogP contribution in [0.15, 0.2) is 6.07 Å². The molecule has 114 valence electrons. The van der Waals surface area contributed by atoms with Crippen LogP contribution in [0.5, 0.6) is 0 Å². The molecule has 0 atom stereocenters. The highest BCUT2D eigenvalue weighted by atomic mass is 19.4. The van der Waals surface area contributed by atoms with Gasteiger partial charge in [-0.2, -0.15) is 36.1 Å². The van der Waals surface area contributed by atoms with Gasteiger partial charge in [0, 0.05) is 6.07 Å². The highest BCUT2D eigenvalue weighted by Gasteiger charge is 2.43. The molecule has 0 N–H and O–H groups in total. The number of carbonyl (C=O) groups is 1. The van der Waals surface area contributed by atoms with E-state index in [-0.39, 0.29) is 6.07 Å². The van der Waals surface area contributed by atoms with Crippen molar-refractivity contribution in [1.82, 2.24) is 9.78 Å². The molecular weight excluding hydrogens is 294 g/mol. The molecule has 0 amide bonds. The van der Waals surface area contributed by atoms with Crippen molar-refractivity contribution in [3.05, 3.63) is 17.5 Å². The predicted molar refractivity (Wildman–Crippen MR) is 53.9 cm³/mol. The molecule has 1 aromatic rings. The Labute approximate surface area is 109 Å². The van der Waals surface area contributed by atoms with Gasteiger partial charge in [0.15, 0.2) is 11.4 Å². The molecule has 0 unspecified atom stereocenters. The maximum Gasteiger partial charge on any atom is 0.435 e. The zero-order valence-electron chi connectivity index (χ0n) is 10.6. The van der Waals surface area contributed by atoms with E-state index < -0.39 is 40.1 Å². The van der Waals surface area contributed by atoms with E-state index in [2.05, 4.69) is 9.84 Å². The number of ether oxygens (including phenoxy) is 1. The smallest absolute Gasteiger partial charge is 0.435 e. The summed E-state index contributed by atoms with van der Waals surface area (Å²) in [7, 11) is 0. The summed E-state index contributed by atoms with van der Waals surface area (Å²) >= 11 is 0. The van der Waals surface area contributed by atoms with Gasteiger partial charge < -0.3 is 4.74 Å². The Hall–Kier alpha value is -1.74. The van der Waals surface area contributed by atoms with Crippen molar-refractivity contribution >= 4 is 6.09 Å². The average Bonchev–Trinajstić information content (AvgIpc) is 2.56. The van der Waals surface area contributed by atoms with Crippen LogP contribution in [0.4, 0.5) is 31.1 Å². The van der Waals surface area contributed by atoms with E-state index in [1.807, 2.05) is 0 Å². The van der Waals surface area contributed by atoms with Crippen LogP contribution < -0.4 is 0 Å². The fourth-order valence-corrected chi connectivity index (χ4v) is 1.17. The molecule has 0 saturated carbocycles. The molecule has 20 heavy (non-hydrogen) atoms. The van der Waals surface area contributed by atoms with Gasteiger partial charge in [0.25, 0.3) is 0 Å². The third kappa shape index (κ3) is 3.87. The molecule has 10 heteroatoms. The number of halogens is 6. The van der Waals surface area contributed by atoms with Crippen molar-refractivity contribution < 1.29 is 35.9 Å². The van der Waals surface area contributed by atoms with Crippen LogP contribution in [-0.2, 0) is 17.1 Å². The molecular formula is C10H10F6N2O2. The average molecular weight is 304 g/mol. The maximum absolute atomic E-state index is 12.6.